The second-order valence-electron chi connectivity index (χ2n) is 7.10. The van der Waals surface area contributed by atoms with Crippen LogP contribution < -0.4 is 10.1 Å². The van der Waals surface area contributed by atoms with Crippen LogP contribution >= 0.6 is 7.60 Å². The Balaban J connectivity index is 2.28. The third-order valence-corrected chi connectivity index (χ3v) is 7.79. The van der Waals surface area contributed by atoms with Crippen LogP contribution in [0.5, 0.6) is 5.75 Å². The third-order valence-electron chi connectivity index (χ3n) is 5.35. The number of hydrogen-bond donors (Lipinski definition) is 2. The SMILES string of the molecule is COc1cccc(NC(c2ccccc2)(C(O)c2ccc([N+](=O)[O-])cc2)P(=O)(OC)OC)c1. The molecule has 9 nitrogen and oxygen atoms in total. The van der Waals surface area contributed by atoms with Crippen LogP contribution in [0.4, 0.5) is 11.4 Å². The van der Waals surface area contributed by atoms with E-state index in [-0.39, 0.29) is 11.3 Å². The Bertz CT molecular complexity index is 1130. The minimum absolute atomic E-state index is 0.140. The van der Waals surface area contributed by atoms with E-state index in [1.165, 1.54) is 45.6 Å². The van der Waals surface area contributed by atoms with Gasteiger partial charge in [0.25, 0.3) is 5.69 Å². The molecule has 10 heteroatoms. The number of benzene rings is 3. The number of rotatable bonds is 10. The fraction of sp³-hybridized carbons (Fsp3) is 0.217. The average Bonchev–Trinajstić information content (AvgIpc) is 2.87. The molecule has 2 N–H and O–H groups in total. The zero-order valence-electron chi connectivity index (χ0n) is 18.4. The number of aliphatic hydroxyl groups is 1. The van der Waals surface area contributed by atoms with Crippen LogP contribution in [-0.2, 0) is 18.9 Å². The summed E-state index contributed by atoms with van der Waals surface area (Å²) in [5.74, 6) is 0.538. The molecule has 0 heterocycles. The van der Waals surface area contributed by atoms with Crippen molar-refractivity contribution in [2.45, 2.75) is 11.4 Å². The zero-order valence-corrected chi connectivity index (χ0v) is 19.3. The van der Waals surface area contributed by atoms with Gasteiger partial charge >= 0.3 is 7.60 Å². The molecule has 0 saturated carbocycles. The molecule has 0 aliphatic rings. The lowest BCUT2D eigenvalue weighted by atomic mass is 9.94. The number of nitrogens with one attached hydrogen (secondary N) is 1. The van der Waals surface area contributed by atoms with Crippen molar-refractivity contribution in [2.75, 3.05) is 26.6 Å². The normalized spacial score (nSPS) is 14.2. The van der Waals surface area contributed by atoms with Crippen molar-refractivity contribution in [1.82, 2.24) is 0 Å². The van der Waals surface area contributed by atoms with E-state index < -0.39 is 23.9 Å². The Morgan fingerprint density at radius 1 is 0.970 bits per heavy atom. The van der Waals surface area contributed by atoms with Crippen molar-refractivity contribution < 1.29 is 28.4 Å². The zero-order chi connectivity index (χ0) is 24.1. The molecule has 3 aromatic carbocycles. The maximum absolute atomic E-state index is 14.1. The number of nitro benzene ring substituents is 1. The van der Waals surface area contributed by atoms with Gasteiger partial charge in [0.1, 0.15) is 11.9 Å². The van der Waals surface area contributed by atoms with Gasteiger partial charge in [0.15, 0.2) is 5.28 Å². The molecule has 2 unspecified atom stereocenters. The van der Waals surface area contributed by atoms with E-state index in [0.717, 1.165) is 0 Å². The summed E-state index contributed by atoms with van der Waals surface area (Å²) >= 11 is 0. The molecule has 0 radical (unpaired) electrons. The molecular weight excluding hydrogens is 447 g/mol. The minimum Gasteiger partial charge on any atom is -0.497 e. The van der Waals surface area contributed by atoms with Gasteiger partial charge in [-0.25, -0.2) is 0 Å². The highest BCUT2D eigenvalue weighted by Crippen LogP contribution is 2.68. The molecule has 0 aliphatic carbocycles. The molecule has 2 atom stereocenters. The summed E-state index contributed by atoms with van der Waals surface area (Å²) in [7, 11) is -0.135. The number of hydrogen-bond acceptors (Lipinski definition) is 8. The molecule has 0 bridgehead atoms. The Hall–Kier alpha value is -3.23. The Labute approximate surface area is 191 Å². The highest BCUT2D eigenvalue weighted by molar-refractivity contribution is 7.55. The Morgan fingerprint density at radius 3 is 2.15 bits per heavy atom. The molecule has 0 aliphatic heterocycles. The van der Waals surface area contributed by atoms with E-state index in [4.69, 9.17) is 13.8 Å². The van der Waals surface area contributed by atoms with Crippen LogP contribution in [0.1, 0.15) is 17.2 Å². The van der Waals surface area contributed by atoms with Crippen molar-refractivity contribution in [2.24, 2.45) is 0 Å². The summed E-state index contributed by atoms with van der Waals surface area (Å²) in [5, 5.41) is 24.2. The van der Waals surface area contributed by atoms with E-state index in [9.17, 15) is 19.8 Å². The molecule has 0 spiro atoms. The van der Waals surface area contributed by atoms with Crippen LogP contribution in [0.2, 0.25) is 0 Å². The minimum atomic E-state index is -4.12. The average molecular weight is 472 g/mol. The van der Waals surface area contributed by atoms with Gasteiger partial charge in [0.2, 0.25) is 0 Å². The Kier molecular flexibility index (Phi) is 7.50. The van der Waals surface area contributed by atoms with E-state index in [1.54, 1.807) is 54.6 Å². The fourth-order valence-corrected chi connectivity index (χ4v) is 5.57. The van der Waals surface area contributed by atoms with Gasteiger partial charge in [-0.2, -0.15) is 0 Å². The summed E-state index contributed by atoms with van der Waals surface area (Å²) in [6, 6.07) is 20.8. The summed E-state index contributed by atoms with van der Waals surface area (Å²) in [5.41, 5.74) is 1.03. The topological polar surface area (TPSA) is 120 Å². The molecular formula is C23H25N2O7P. The summed E-state index contributed by atoms with van der Waals surface area (Å²) in [6.07, 6.45) is -1.50. The lowest BCUT2D eigenvalue weighted by Gasteiger charge is -2.43. The predicted octanol–water partition coefficient (Wildman–Crippen LogP) is 5.09. The number of ether oxygens (including phenoxy) is 1. The number of nitro groups is 1. The Morgan fingerprint density at radius 2 is 1.61 bits per heavy atom. The lowest BCUT2D eigenvalue weighted by Crippen LogP contribution is -2.42. The molecule has 0 fully saturated rings. The monoisotopic (exact) mass is 472 g/mol. The predicted molar refractivity (Wildman–Crippen MR) is 124 cm³/mol. The van der Waals surface area contributed by atoms with Crippen molar-refractivity contribution in [3.05, 3.63) is 100 Å². The smallest absolute Gasteiger partial charge is 0.362 e. The number of nitrogens with zero attached hydrogens (tertiary/aromatic N) is 1. The number of methoxy groups -OCH3 is 1. The van der Waals surface area contributed by atoms with Gasteiger partial charge in [0.05, 0.1) is 12.0 Å². The first-order valence-electron chi connectivity index (χ1n) is 9.93. The first-order valence-corrected chi connectivity index (χ1v) is 11.5. The van der Waals surface area contributed by atoms with Gasteiger partial charge in [-0.05, 0) is 35.4 Å². The molecule has 0 saturated heterocycles. The van der Waals surface area contributed by atoms with Crippen LogP contribution in [0.25, 0.3) is 0 Å². The van der Waals surface area contributed by atoms with Gasteiger partial charge in [-0.3, -0.25) is 14.7 Å². The standard InChI is InChI=1S/C23H25N2O7P/c1-30-21-11-7-10-19(16-21)24-23(33(29,31-2)32-3,18-8-5-4-6-9-18)22(26)17-12-14-20(15-13-17)25(27)28/h4-16,22,24,26H,1-3H3. The largest absolute Gasteiger partial charge is 0.497 e. The van der Waals surface area contributed by atoms with Crippen LogP contribution in [0.3, 0.4) is 0 Å². The van der Waals surface area contributed by atoms with E-state index in [1.807, 2.05) is 0 Å². The number of aliphatic hydroxyl groups excluding tert-OH is 1. The van der Waals surface area contributed by atoms with Crippen molar-refractivity contribution in [3.8, 4) is 5.75 Å². The molecule has 0 amide bonds. The molecule has 174 valence electrons. The number of non-ortho nitro benzene ring substituents is 1. The quantitative estimate of drug-likeness (QED) is 0.238. The van der Waals surface area contributed by atoms with Crippen LogP contribution in [0, 0.1) is 10.1 Å². The van der Waals surface area contributed by atoms with Gasteiger partial charge in [-0.1, -0.05) is 36.4 Å². The molecule has 0 aromatic heterocycles. The van der Waals surface area contributed by atoms with Crippen molar-refractivity contribution in [1.29, 1.82) is 0 Å². The van der Waals surface area contributed by atoms with Gasteiger partial charge < -0.3 is 24.2 Å². The first-order chi connectivity index (χ1) is 15.8. The van der Waals surface area contributed by atoms with Crippen molar-refractivity contribution in [3.63, 3.8) is 0 Å². The van der Waals surface area contributed by atoms with E-state index in [0.29, 0.717) is 17.0 Å². The molecule has 3 rings (SSSR count). The summed E-state index contributed by atoms with van der Waals surface area (Å²) in [6.45, 7) is 0. The highest BCUT2D eigenvalue weighted by Gasteiger charge is 2.57. The highest BCUT2D eigenvalue weighted by atomic mass is 31.2. The summed E-state index contributed by atoms with van der Waals surface area (Å²) in [4.78, 5) is 10.6. The fourth-order valence-electron chi connectivity index (χ4n) is 3.67. The van der Waals surface area contributed by atoms with E-state index in [2.05, 4.69) is 5.32 Å². The maximum Gasteiger partial charge on any atom is 0.362 e. The lowest BCUT2D eigenvalue weighted by molar-refractivity contribution is -0.384. The number of anilines is 1. The van der Waals surface area contributed by atoms with E-state index >= 15 is 0 Å². The van der Waals surface area contributed by atoms with Gasteiger partial charge in [0, 0.05) is 38.1 Å². The van der Waals surface area contributed by atoms with Crippen LogP contribution in [-0.4, -0.2) is 31.4 Å². The maximum atomic E-state index is 14.1. The van der Waals surface area contributed by atoms with Crippen LogP contribution in [0.15, 0.2) is 78.9 Å². The van der Waals surface area contributed by atoms with Gasteiger partial charge in [-0.15, -0.1) is 0 Å². The molecule has 3 aromatic rings. The second kappa shape index (κ2) is 10.1. The second-order valence-corrected chi connectivity index (χ2v) is 9.53. The van der Waals surface area contributed by atoms with Crippen molar-refractivity contribution >= 4 is 19.0 Å². The first kappa shape index (κ1) is 24.4. The third kappa shape index (κ3) is 4.62. The summed E-state index contributed by atoms with van der Waals surface area (Å²) < 4.78 is 30.2. The molecule has 33 heavy (non-hydrogen) atoms.